The van der Waals surface area contributed by atoms with Gasteiger partial charge in [0.15, 0.2) is 0 Å². The summed E-state index contributed by atoms with van der Waals surface area (Å²) in [5.74, 6) is 1.37. The van der Waals surface area contributed by atoms with Gasteiger partial charge in [0.2, 0.25) is 10.0 Å². The van der Waals surface area contributed by atoms with Crippen LogP contribution >= 0.6 is 0 Å². The summed E-state index contributed by atoms with van der Waals surface area (Å²) in [5.41, 5.74) is 0. The van der Waals surface area contributed by atoms with E-state index in [0.717, 1.165) is 25.9 Å². The van der Waals surface area contributed by atoms with Crippen LogP contribution < -0.4 is 0 Å². The van der Waals surface area contributed by atoms with Gasteiger partial charge in [-0.3, -0.25) is 0 Å². The second kappa shape index (κ2) is 2.95. The molecule has 3 nitrogen and oxygen atoms in total. The Balaban J connectivity index is 1.76. The molecule has 0 radical (unpaired) electrons. The van der Waals surface area contributed by atoms with Crippen molar-refractivity contribution in [2.24, 2.45) is 11.8 Å². The van der Waals surface area contributed by atoms with Crippen molar-refractivity contribution in [3.63, 3.8) is 0 Å². The Bertz CT molecular complexity index is 322. The summed E-state index contributed by atoms with van der Waals surface area (Å²) in [5, 5.41) is -0.0127. The molecule has 3 aliphatic rings. The van der Waals surface area contributed by atoms with Crippen LogP contribution in [0.25, 0.3) is 0 Å². The molecule has 0 spiro atoms. The van der Waals surface area contributed by atoms with E-state index in [-0.39, 0.29) is 5.25 Å². The zero-order valence-corrected chi connectivity index (χ0v) is 9.17. The van der Waals surface area contributed by atoms with Crippen molar-refractivity contribution in [2.75, 3.05) is 13.1 Å². The van der Waals surface area contributed by atoms with E-state index in [1.54, 1.807) is 4.31 Å². The summed E-state index contributed by atoms with van der Waals surface area (Å²) in [7, 11) is -2.87. The number of sulfonamides is 1. The minimum atomic E-state index is -2.87. The quantitative estimate of drug-likeness (QED) is 0.694. The summed E-state index contributed by atoms with van der Waals surface area (Å²) in [6, 6.07) is 0. The number of hydrogen-bond acceptors (Lipinski definition) is 2. The van der Waals surface area contributed by atoms with Gasteiger partial charge in [0.05, 0.1) is 5.25 Å². The van der Waals surface area contributed by atoms with E-state index < -0.39 is 10.0 Å². The first-order chi connectivity index (χ1) is 6.68. The highest BCUT2D eigenvalue weighted by molar-refractivity contribution is 7.90. The molecule has 4 heteroatoms. The highest BCUT2D eigenvalue weighted by atomic mass is 32.2. The average Bonchev–Trinajstić information content (AvgIpc) is 2.75. The first-order valence-corrected chi connectivity index (χ1v) is 7.17. The molecule has 2 atom stereocenters. The molecule has 0 amide bonds. The number of hydrogen-bond donors (Lipinski definition) is 0. The van der Waals surface area contributed by atoms with Crippen molar-refractivity contribution in [3.05, 3.63) is 0 Å². The molecule has 2 unspecified atom stereocenters. The maximum Gasteiger partial charge on any atom is 0.216 e. The summed E-state index contributed by atoms with van der Waals surface area (Å²) in [6.07, 6.45) is 5.61. The lowest BCUT2D eigenvalue weighted by Crippen LogP contribution is -2.32. The normalized spacial score (nSPS) is 38.9. The maximum absolute atomic E-state index is 12.0. The van der Waals surface area contributed by atoms with Gasteiger partial charge in [0.1, 0.15) is 0 Å². The molecule has 1 aliphatic heterocycles. The Kier molecular flexibility index (Phi) is 1.93. The van der Waals surface area contributed by atoms with Crippen LogP contribution in [-0.2, 0) is 10.0 Å². The van der Waals surface area contributed by atoms with E-state index in [1.165, 1.54) is 19.3 Å². The zero-order valence-electron chi connectivity index (χ0n) is 8.35. The monoisotopic (exact) mass is 215 g/mol. The molecule has 0 N–H and O–H groups in total. The molecular weight excluding hydrogens is 198 g/mol. The third-order valence-corrected chi connectivity index (χ3v) is 6.33. The summed E-state index contributed by atoms with van der Waals surface area (Å²) >= 11 is 0. The Morgan fingerprint density at radius 2 is 1.50 bits per heavy atom. The molecule has 0 aromatic carbocycles. The van der Waals surface area contributed by atoms with Crippen LogP contribution in [0, 0.1) is 11.8 Å². The fraction of sp³-hybridized carbons (Fsp3) is 1.00. The second-order valence-corrected chi connectivity index (χ2v) is 7.23. The third-order valence-electron chi connectivity index (χ3n) is 4.00. The van der Waals surface area contributed by atoms with Crippen molar-refractivity contribution >= 4 is 10.0 Å². The largest absolute Gasteiger partial charge is 0.216 e. The average molecular weight is 215 g/mol. The first kappa shape index (κ1) is 9.16. The molecule has 0 bridgehead atoms. The standard InChI is InChI=1S/C10H17NO2S/c12-14(13,10-4-5-10)11-6-8-2-1-3-9(8)7-11/h8-10H,1-7H2. The fourth-order valence-corrected chi connectivity index (χ4v) is 4.93. The Morgan fingerprint density at radius 3 is 2.00 bits per heavy atom. The van der Waals surface area contributed by atoms with E-state index >= 15 is 0 Å². The summed E-state index contributed by atoms with van der Waals surface area (Å²) in [6.45, 7) is 1.65. The Hall–Kier alpha value is -0.0900. The molecule has 80 valence electrons. The molecule has 2 aliphatic carbocycles. The molecule has 1 heterocycles. The maximum atomic E-state index is 12.0. The predicted octanol–water partition coefficient (Wildman–Crippen LogP) is 1.21. The van der Waals surface area contributed by atoms with Gasteiger partial charge in [-0.2, -0.15) is 0 Å². The van der Waals surface area contributed by atoms with Crippen LogP contribution in [0.15, 0.2) is 0 Å². The number of fused-ring (bicyclic) bond motifs is 1. The van der Waals surface area contributed by atoms with E-state index in [0.29, 0.717) is 11.8 Å². The fourth-order valence-electron chi connectivity index (χ4n) is 2.98. The summed E-state index contributed by atoms with van der Waals surface area (Å²) in [4.78, 5) is 0. The van der Waals surface area contributed by atoms with Crippen molar-refractivity contribution in [2.45, 2.75) is 37.4 Å². The van der Waals surface area contributed by atoms with Gasteiger partial charge in [-0.1, -0.05) is 6.42 Å². The van der Waals surface area contributed by atoms with E-state index in [9.17, 15) is 8.42 Å². The second-order valence-electron chi connectivity index (χ2n) is 5.01. The lowest BCUT2D eigenvalue weighted by molar-refractivity contribution is 0.444. The van der Waals surface area contributed by atoms with Gasteiger partial charge >= 0.3 is 0 Å². The van der Waals surface area contributed by atoms with Crippen LogP contribution in [-0.4, -0.2) is 31.1 Å². The van der Waals surface area contributed by atoms with E-state index in [4.69, 9.17) is 0 Å². The van der Waals surface area contributed by atoms with Gasteiger partial charge in [0, 0.05) is 13.1 Å². The highest BCUT2D eigenvalue weighted by Crippen LogP contribution is 2.41. The lowest BCUT2D eigenvalue weighted by atomic mass is 10.0. The summed E-state index contributed by atoms with van der Waals surface area (Å²) < 4.78 is 25.7. The van der Waals surface area contributed by atoms with Gasteiger partial charge in [-0.05, 0) is 37.5 Å². The van der Waals surface area contributed by atoms with Crippen LogP contribution in [0.5, 0.6) is 0 Å². The van der Waals surface area contributed by atoms with Crippen LogP contribution in [0.4, 0.5) is 0 Å². The minimum absolute atomic E-state index is 0.0127. The Labute approximate surface area is 85.5 Å². The van der Waals surface area contributed by atoms with Crippen LogP contribution in [0.1, 0.15) is 32.1 Å². The van der Waals surface area contributed by atoms with Crippen molar-refractivity contribution in [1.29, 1.82) is 0 Å². The molecule has 3 rings (SSSR count). The minimum Gasteiger partial charge on any atom is -0.212 e. The van der Waals surface area contributed by atoms with E-state index in [2.05, 4.69) is 0 Å². The van der Waals surface area contributed by atoms with E-state index in [1.807, 2.05) is 0 Å². The first-order valence-electron chi connectivity index (χ1n) is 5.67. The Morgan fingerprint density at radius 1 is 0.929 bits per heavy atom. The predicted molar refractivity (Wildman–Crippen MR) is 54.3 cm³/mol. The molecule has 2 saturated carbocycles. The zero-order chi connectivity index (χ0) is 9.76. The molecule has 14 heavy (non-hydrogen) atoms. The van der Waals surface area contributed by atoms with Gasteiger partial charge < -0.3 is 0 Å². The lowest BCUT2D eigenvalue weighted by Gasteiger charge is -2.16. The van der Waals surface area contributed by atoms with Crippen molar-refractivity contribution < 1.29 is 8.42 Å². The van der Waals surface area contributed by atoms with Gasteiger partial charge in [-0.15, -0.1) is 0 Å². The van der Waals surface area contributed by atoms with Gasteiger partial charge in [0.25, 0.3) is 0 Å². The SMILES string of the molecule is O=S(=O)(C1CC1)N1CC2CCCC2C1. The number of rotatable bonds is 2. The highest BCUT2D eigenvalue weighted by Gasteiger charge is 2.46. The van der Waals surface area contributed by atoms with Crippen LogP contribution in [0.3, 0.4) is 0 Å². The van der Waals surface area contributed by atoms with Crippen LogP contribution in [0.2, 0.25) is 0 Å². The smallest absolute Gasteiger partial charge is 0.212 e. The number of nitrogens with zero attached hydrogens (tertiary/aromatic N) is 1. The molecular formula is C10H17NO2S. The molecule has 0 aromatic heterocycles. The van der Waals surface area contributed by atoms with Crippen molar-refractivity contribution in [3.8, 4) is 0 Å². The molecule has 1 saturated heterocycles. The van der Waals surface area contributed by atoms with Gasteiger partial charge in [-0.25, -0.2) is 12.7 Å². The topological polar surface area (TPSA) is 37.4 Å². The molecule has 0 aromatic rings. The van der Waals surface area contributed by atoms with Crippen molar-refractivity contribution in [1.82, 2.24) is 4.31 Å². The third kappa shape index (κ3) is 1.31. The molecule has 3 fully saturated rings.